The van der Waals surface area contributed by atoms with Crippen LogP contribution in [0.2, 0.25) is 5.54 Å². The van der Waals surface area contributed by atoms with Crippen LogP contribution in [0.5, 0.6) is 0 Å². The second kappa shape index (κ2) is 3.28. The first-order chi connectivity index (χ1) is 3.89. The Balaban J connectivity index is 2.17. The van der Waals surface area contributed by atoms with Crippen LogP contribution in [0.25, 0.3) is 0 Å². The van der Waals surface area contributed by atoms with Crippen LogP contribution in [-0.4, -0.2) is 10.2 Å². The Kier molecular flexibility index (Phi) is 2.60. The third-order valence-electron chi connectivity index (χ3n) is 1.86. The maximum atomic E-state index is 3.68. The van der Waals surface area contributed by atoms with Crippen LogP contribution in [0, 0.1) is 0 Å². The topological polar surface area (TPSA) is 0 Å². The molecule has 0 N–H and O–H groups in total. The lowest BCUT2D eigenvalue weighted by Crippen LogP contribution is -1.87. The fourth-order valence-corrected chi connectivity index (χ4v) is 1.69. The molecule has 0 amide bonds. The molecule has 1 heteroatoms. The molecule has 8 heavy (non-hydrogen) atoms. The van der Waals surface area contributed by atoms with E-state index in [1.54, 1.807) is 0 Å². The predicted octanol–water partition coefficient (Wildman–Crippen LogP) is 2.30. The van der Waals surface area contributed by atoms with Gasteiger partial charge in [-0.05, 0) is 0 Å². The molecule has 0 atom stereocenters. The fraction of sp³-hybridized carbons (Fsp3) is 1.00. The molecular formula is C7H13Si. The summed E-state index contributed by atoms with van der Waals surface area (Å²) in [7, 11) is 3.68. The molecule has 45 valence electrons. The zero-order chi connectivity index (χ0) is 5.82. The Morgan fingerprint density at radius 2 is 1.38 bits per heavy atom. The highest BCUT2D eigenvalue weighted by Gasteiger charge is 2.05. The van der Waals surface area contributed by atoms with Crippen LogP contribution >= 0.6 is 0 Å². The van der Waals surface area contributed by atoms with E-state index >= 15 is 0 Å². The van der Waals surface area contributed by atoms with E-state index < -0.39 is 0 Å². The lowest BCUT2D eigenvalue weighted by atomic mass is 10.2. The van der Waals surface area contributed by atoms with E-state index in [0.29, 0.717) is 0 Å². The zero-order valence-electron chi connectivity index (χ0n) is 5.32. The van der Waals surface area contributed by atoms with Crippen molar-refractivity contribution in [2.45, 2.75) is 44.1 Å². The second-order valence-electron chi connectivity index (χ2n) is 2.69. The fourth-order valence-electron chi connectivity index (χ4n) is 1.28. The molecule has 0 aromatic heterocycles. The molecule has 1 aliphatic rings. The molecule has 0 aromatic rings. The SMILES string of the molecule is [Si]C1CCCCCC1. The van der Waals surface area contributed by atoms with Crippen LogP contribution in [-0.2, 0) is 0 Å². The van der Waals surface area contributed by atoms with Crippen molar-refractivity contribution in [3.05, 3.63) is 0 Å². The normalized spacial score (nSPS) is 25.1. The molecule has 0 aliphatic heterocycles. The maximum absolute atomic E-state index is 3.68. The van der Waals surface area contributed by atoms with Gasteiger partial charge in [-0.15, -0.1) is 0 Å². The zero-order valence-corrected chi connectivity index (χ0v) is 6.32. The van der Waals surface area contributed by atoms with Crippen molar-refractivity contribution in [1.82, 2.24) is 0 Å². The summed E-state index contributed by atoms with van der Waals surface area (Å²) in [6.07, 6.45) is 8.60. The standard InChI is InChI=1S/C7H13Si/c8-7-5-3-1-2-4-6-7/h7H,1-6H2. The molecule has 0 saturated heterocycles. The van der Waals surface area contributed by atoms with Gasteiger partial charge in [-0.1, -0.05) is 44.1 Å². The summed E-state index contributed by atoms with van der Waals surface area (Å²) in [4.78, 5) is 0. The van der Waals surface area contributed by atoms with Gasteiger partial charge in [0.25, 0.3) is 0 Å². The van der Waals surface area contributed by atoms with E-state index in [9.17, 15) is 0 Å². The van der Waals surface area contributed by atoms with Crippen molar-refractivity contribution in [3.63, 3.8) is 0 Å². The Morgan fingerprint density at radius 3 is 1.88 bits per heavy atom. The lowest BCUT2D eigenvalue weighted by molar-refractivity contribution is 0.700. The summed E-state index contributed by atoms with van der Waals surface area (Å²) >= 11 is 0. The Labute approximate surface area is 55.1 Å². The van der Waals surface area contributed by atoms with Crippen molar-refractivity contribution in [3.8, 4) is 0 Å². The van der Waals surface area contributed by atoms with E-state index in [4.69, 9.17) is 0 Å². The highest BCUT2D eigenvalue weighted by atomic mass is 28.1. The molecule has 0 heterocycles. The maximum Gasteiger partial charge on any atom is 0.0266 e. The number of rotatable bonds is 0. The molecule has 0 bridgehead atoms. The largest absolute Gasteiger partial charge is 0.0535 e. The molecular weight excluding hydrogens is 112 g/mol. The van der Waals surface area contributed by atoms with Gasteiger partial charge in [-0.25, -0.2) is 0 Å². The van der Waals surface area contributed by atoms with Gasteiger partial charge in [-0.2, -0.15) is 0 Å². The van der Waals surface area contributed by atoms with E-state index in [-0.39, 0.29) is 0 Å². The van der Waals surface area contributed by atoms with Gasteiger partial charge >= 0.3 is 0 Å². The first-order valence-electron chi connectivity index (χ1n) is 3.61. The Bertz CT molecular complexity index is 53.4. The summed E-state index contributed by atoms with van der Waals surface area (Å²) in [5, 5.41) is 0. The Morgan fingerprint density at radius 1 is 0.875 bits per heavy atom. The van der Waals surface area contributed by atoms with Crippen molar-refractivity contribution in [2.24, 2.45) is 0 Å². The minimum Gasteiger partial charge on any atom is -0.0535 e. The van der Waals surface area contributed by atoms with Crippen molar-refractivity contribution < 1.29 is 0 Å². The van der Waals surface area contributed by atoms with Crippen LogP contribution in [0.15, 0.2) is 0 Å². The van der Waals surface area contributed by atoms with Crippen molar-refractivity contribution in [2.75, 3.05) is 0 Å². The van der Waals surface area contributed by atoms with E-state index in [2.05, 4.69) is 10.2 Å². The predicted molar refractivity (Wildman–Crippen MR) is 37.2 cm³/mol. The smallest absolute Gasteiger partial charge is 0.0266 e. The lowest BCUT2D eigenvalue weighted by Gasteiger charge is -2.02. The highest BCUT2D eigenvalue weighted by Crippen LogP contribution is 2.23. The van der Waals surface area contributed by atoms with Crippen molar-refractivity contribution in [1.29, 1.82) is 0 Å². The molecule has 0 aromatic carbocycles. The average Bonchev–Trinajstić information content (AvgIpc) is 1.94. The highest BCUT2D eigenvalue weighted by molar-refractivity contribution is 6.11. The van der Waals surface area contributed by atoms with E-state index in [1.165, 1.54) is 38.5 Å². The monoisotopic (exact) mass is 125 g/mol. The molecule has 0 unspecified atom stereocenters. The van der Waals surface area contributed by atoms with Gasteiger partial charge in [0, 0.05) is 10.2 Å². The van der Waals surface area contributed by atoms with Gasteiger partial charge in [0.2, 0.25) is 0 Å². The third kappa shape index (κ3) is 1.99. The summed E-state index contributed by atoms with van der Waals surface area (Å²) < 4.78 is 0. The number of hydrogen-bond donors (Lipinski definition) is 0. The van der Waals surface area contributed by atoms with Gasteiger partial charge in [0.1, 0.15) is 0 Å². The summed E-state index contributed by atoms with van der Waals surface area (Å²) in [5.74, 6) is 0. The minimum atomic E-state index is 0.831. The van der Waals surface area contributed by atoms with Crippen LogP contribution in [0.3, 0.4) is 0 Å². The van der Waals surface area contributed by atoms with Crippen LogP contribution in [0.4, 0.5) is 0 Å². The van der Waals surface area contributed by atoms with Gasteiger partial charge in [0.15, 0.2) is 0 Å². The van der Waals surface area contributed by atoms with Gasteiger partial charge in [-0.3, -0.25) is 0 Å². The molecule has 3 radical (unpaired) electrons. The minimum absolute atomic E-state index is 0.831. The summed E-state index contributed by atoms with van der Waals surface area (Å²) in [5.41, 5.74) is 0.831. The van der Waals surface area contributed by atoms with Gasteiger partial charge in [0.05, 0.1) is 0 Å². The third-order valence-corrected chi connectivity index (χ3v) is 2.43. The molecule has 1 fully saturated rings. The molecule has 0 spiro atoms. The number of hydrogen-bond acceptors (Lipinski definition) is 0. The first-order valence-corrected chi connectivity index (χ1v) is 4.18. The van der Waals surface area contributed by atoms with Gasteiger partial charge < -0.3 is 0 Å². The molecule has 1 aliphatic carbocycles. The second-order valence-corrected chi connectivity index (χ2v) is 3.50. The molecule has 1 rings (SSSR count). The first kappa shape index (κ1) is 6.34. The summed E-state index contributed by atoms with van der Waals surface area (Å²) in [6, 6.07) is 0. The molecule has 0 nitrogen and oxygen atoms in total. The van der Waals surface area contributed by atoms with Crippen LogP contribution in [0.1, 0.15) is 38.5 Å². The van der Waals surface area contributed by atoms with E-state index in [1.807, 2.05) is 0 Å². The average molecular weight is 125 g/mol. The van der Waals surface area contributed by atoms with Crippen LogP contribution < -0.4 is 0 Å². The quantitative estimate of drug-likeness (QED) is 0.344. The molecule has 1 saturated carbocycles. The summed E-state index contributed by atoms with van der Waals surface area (Å²) in [6.45, 7) is 0. The Hall–Kier alpha value is 0.217. The van der Waals surface area contributed by atoms with Crippen molar-refractivity contribution >= 4 is 10.2 Å². The van der Waals surface area contributed by atoms with E-state index in [0.717, 1.165) is 5.54 Å².